The van der Waals surface area contributed by atoms with Crippen LogP contribution in [0.5, 0.6) is 5.75 Å². The monoisotopic (exact) mass is 214 g/mol. The smallest absolute Gasteiger partial charge is 0.141 e. The molecule has 2 aromatic rings. The average molecular weight is 214 g/mol. The first-order chi connectivity index (χ1) is 7.83. The lowest BCUT2D eigenvalue weighted by Crippen LogP contribution is -1.91. The summed E-state index contributed by atoms with van der Waals surface area (Å²) in [6.45, 7) is 0.408. The summed E-state index contributed by atoms with van der Waals surface area (Å²) in [5.41, 5.74) is 9.81. The van der Waals surface area contributed by atoms with Crippen LogP contribution < -0.4 is 0 Å². The lowest BCUT2D eigenvalue weighted by molar-refractivity contribution is 0.480. The molecule has 1 aromatic heterocycles. The highest BCUT2D eigenvalue weighted by Crippen LogP contribution is 2.25. The lowest BCUT2D eigenvalue weighted by Gasteiger charge is -2.05. The van der Waals surface area contributed by atoms with Gasteiger partial charge in [-0.05, 0) is 29.6 Å². The van der Waals surface area contributed by atoms with E-state index in [4.69, 9.17) is 5.53 Å². The molecule has 1 N–H and O–H groups in total. The summed E-state index contributed by atoms with van der Waals surface area (Å²) < 4.78 is 0. The van der Waals surface area contributed by atoms with Crippen molar-refractivity contribution in [3.8, 4) is 5.75 Å². The minimum absolute atomic E-state index is 0.170. The Morgan fingerprint density at radius 2 is 2.25 bits per heavy atom. The molecule has 16 heavy (non-hydrogen) atoms. The highest BCUT2D eigenvalue weighted by atomic mass is 16.3. The molecule has 0 atom stereocenters. The zero-order chi connectivity index (χ0) is 11.4. The number of aromatic nitrogens is 1. The van der Waals surface area contributed by atoms with Crippen molar-refractivity contribution >= 4 is 10.9 Å². The number of hydrogen-bond donors (Lipinski definition) is 1. The van der Waals surface area contributed by atoms with Crippen LogP contribution in [0.2, 0.25) is 0 Å². The molecule has 0 saturated carbocycles. The summed E-state index contributed by atoms with van der Waals surface area (Å²) >= 11 is 0. The Bertz CT molecular complexity index is 561. The molecule has 0 amide bonds. The van der Waals surface area contributed by atoms with Gasteiger partial charge in [-0.25, -0.2) is 0 Å². The number of fused-ring (bicyclic) bond motifs is 1. The number of phenols is 1. The molecule has 80 valence electrons. The third-order valence-electron chi connectivity index (χ3n) is 2.38. The Balaban J connectivity index is 2.45. The SMILES string of the molecule is [N-]=[N+]=NCCc1ccc(O)c2ncccc12. The Morgan fingerprint density at radius 1 is 1.38 bits per heavy atom. The zero-order valence-electron chi connectivity index (χ0n) is 8.54. The summed E-state index contributed by atoms with van der Waals surface area (Å²) in [5, 5.41) is 14.0. The number of aromatic hydroxyl groups is 1. The van der Waals surface area contributed by atoms with Crippen molar-refractivity contribution in [2.45, 2.75) is 6.42 Å². The minimum Gasteiger partial charge on any atom is -0.506 e. The molecule has 0 aliphatic heterocycles. The van der Waals surface area contributed by atoms with Gasteiger partial charge in [0.2, 0.25) is 0 Å². The molecule has 0 spiro atoms. The van der Waals surface area contributed by atoms with E-state index in [9.17, 15) is 5.11 Å². The van der Waals surface area contributed by atoms with E-state index in [1.807, 2.05) is 18.2 Å². The van der Waals surface area contributed by atoms with E-state index in [1.54, 1.807) is 12.3 Å². The van der Waals surface area contributed by atoms with Gasteiger partial charge < -0.3 is 5.11 Å². The van der Waals surface area contributed by atoms with Crippen molar-refractivity contribution < 1.29 is 5.11 Å². The number of hydrogen-bond acceptors (Lipinski definition) is 3. The topological polar surface area (TPSA) is 81.9 Å². The molecule has 1 aromatic carbocycles. The van der Waals surface area contributed by atoms with Crippen molar-refractivity contribution in [2.75, 3.05) is 6.54 Å². The van der Waals surface area contributed by atoms with Gasteiger partial charge in [0.15, 0.2) is 0 Å². The number of pyridine rings is 1. The van der Waals surface area contributed by atoms with Gasteiger partial charge in [-0.2, -0.15) is 0 Å². The maximum atomic E-state index is 9.62. The predicted molar refractivity (Wildman–Crippen MR) is 61.1 cm³/mol. The molecule has 0 aliphatic carbocycles. The molecule has 0 bridgehead atoms. The summed E-state index contributed by atoms with van der Waals surface area (Å²) in [5.74, 6) is 0.170. The summed E-state index contributed by atoms with van der Waals surface area (Å²) in [6, 6.07) is 7.15. The molecule has 5 nitrogen and oxygen atoms in total. The molecule has 5 heteroatoms. The fourth-order valence-electron chi connectivity index (χ4n) is 1.65. The van der Waals surface area contributed by atoms with Gasteiger partial charge in [0.05, 0.1) is 0 Å². The maximum Gasteiger partial charge on any atom is 0.141 e. The van der Waals surface area contributed by atoms with Crippen molar-refractivity contribution in [3.05, 3.63) is 46.5 Å². The summed E-state index contributed by atoms with van der Waals surface area (Å²) in [6.07, 6.45) is 2.28. The van der Waals surface area contributed by atoms with E-state index in [1.165, 1.54) is 0 Å². The van der Waals surface area contributed by atoms with Gasteiger partial charge in [0.25, 0.3) is 0 Å². The van der Waals surface area contributed by atoms with Gasteiger partial charge in [-0.15, -0.1) is 0 Å². The van der Waals surface area contributed by atoms with Crippen LogP contribution in [0.15, 0.2) is 35.6 Å². The molecule has 1 heterocycles. The van der Waals surface area contributed by atoms with E-state index >= 15 is 0 Å². The molecule has 0 saturated heterocycles. The second-order valence-electron chi connectivity index (χ2n) is 3.35. The van der Waals surface area contributed by atoms with Gasteiger partial charge in [0, 0.05) is 23.0 Å². The fourth-order valence-corrected chi connectivity index (χ4v) is 1.65. The van der Waals surface area contributed by atoms with Crippen molar-refractivity contribution in [3.63, 3.8) is 0 Å². The second-order valence-corrected chi connectivity index (χ2v) is 3.35. The Labute approximate surface area is 92.0 Å². The van der Waals surface area contributed by atoms with Crippen LogP contribution in [-0.4, -0.2) is 16.6 Å². The van der Waals surface area contributed by atoms with E-state index in [0.29, 0.717) is 18.5 Å². The Hall–Kier alpha value is -2.26. The van der Waals surface area contributed by atoms with Crippen molar-refractivity contribution in [1.82, 2.24) is 4.98 Å². The lowest BCUT2D eigenvalue weighted by atomic mass is 10.1. The number of benzene rings is 1. The maximum absolute atomic E-state index is 9.62. The van der Waals surface area contributed by atoms with Crippen molar-refractivity contribution in [2.24, 2.45) is 5.11 Å². The van der Waals surface area contributed by atoms with Crippen LogP contribution in [0, 0.1) is 0 Å². The molecule has 0 radical (unpaired) electrons. The number of nitrogens with zero attached hydrogens (tertiary/aromatic N) is 4. The van der Waals surface area contributed by atoms with Gasteiger partial charge in [-0.1, -0.05) is 17.2 Å². The van der Waals surface area contributed by atoms with Crippen LogP contribution in [0.3, 0.4) is 0 Å². The number of azide groups is 1. The normalized spacial score (nSPS) is 10.0. The Kier molecular flexibility index (Phi) is 2.89. The van der Waals surface area contributed by atoms with Crippen LogP contribution in [0.25, 0.3) is 21.3 Å². The molecular weight excluding hydrogens is 204 g/mol. The zero-order valence-corrected chi connectivity index (χ0v) is 8.54. The first kappa shape index (κ1) is 10.3. The molecule has 0 unspecified atom stereocenters. The van der Waals surface area contributed by atoms with Crippen molar-refractivity contribution in [1.29, 1.82) is 0 Å². The van der Waals surface area contributed by atoms with Gasteiger partial charge >= 0.3 is 0 Å². The molecule has 0 fully saturated rings. The van der Waals surface area contributed by atoms with E-state index in [2.05, 4.69) is 15.0 Å². The Morgan fingerprint density at radius 3 is 3.06 bits per heavy atom. The third kappa shape index (κ3) is 1.89. The van der Waals surface area contributed by atoms with Gasteiger partial charge in [0.1, 0.15) is 11.3 Å². The third-order valence-corrected chi connectivity index (χ3v) is 2.38. The largest absolute Gasteiger partial charge is 0.506 e. The highest BCUT2D eigenvalue weighted by Gasteiger charge is 2.04. The molecule has 0 aliphatic rings. The standard InChI is InChI=1S/C11H10N4O/c12-15-14-7-5-8-3-4-10(16)11-9(8)2-1-6-13-11/h1-4,6,16H,5,7H2. The summed E-state index contributed by atoms with van der Waals surface area (Å²) in [4.78, 5) is 6.82. The first-order valence-electron chi connectivity index (χ1n) is 4.89. The number of rotatable bonds is 3. The number of phenolic OH excluding ortho intramolecular Hbond substituents is 1. The fraction of sp³-hybridized carbons (Fsp3) is 0.182. The second kappa shape index (κ2) is 4.51. The average Bonchev–Trinajstić information content (AvgIpc) is 2.33. The van der Waals surface area contributed by atoms with Crippen LogP contribution in [-0.2, 0) is 6.42 Å². The van der Waals surface area contributed by atoms with E-state index in [-0.39, 0.29) is 5.75 Å². The van der Waals surface area contributed by atoms with Crippen LogP contribution in [0.1, 0.15) is 5.56 Å². The quantitative estimate of drug-likeness (QED) is 0.484. The van der Waals surface area contributed by atoms with E-state index in [0.717, 1.165) is 10.9 Å². The van der Waals surface area contributed by atoms with Crippen LogP contribution >= 0.6 is 0 Å². The van der Waals surface area contributed by atoms with E-state index < -0.39 is 0 Å². The highest BCUT2D eigenvalue weighted by molar-refractivity contribution is 5.87. The van der Waals surface area contributed by atoms with Crippen LogP contribution in [0.4, 0.5) is 0 Å². The minimum atomic E-state index is 0.170. The summed E-state index contributed by atoms with van der Waals surface area (Å²) in [7, 11) is 0. The molecule has 2 rings (SSSR count). The first-order valence-corrected chi connectivity index (χ1v) is 4.89. The van der Waals surface area contributed by atoms with Gasteiger partial charge in [-0.3, -0.25) is 4.98 Å². The molecular formula is C11H10N4O. The predicted octanol–water partition coefficient (Wildman–Crippen LogP) is 2.79.